The van der Waals surface area contributed by atoms with E-state index in [4.69, 9.17) is 22.9 Å². The number of amides is 8. The third-order valence-corrected chi connectivity index (χ3v) is 8.68. The van der Waals surface area contributed by atoms with Crippen LogP contribution in [-0.4, -0.2) is 125 Å². The summed E-state index contributed by atoms with van der Waals surface area (Å²) in [6.07, 6.45) is 4.05. The van der Waals surface area contributed by atoms with Gasteiger partial charge in [0.15, 0.2) is 11.7 Å². The van der Waals surface area contributed by atoms with E-state index in [-0.39, 0.29) is 37.3 Å². The molecule has 0 radical (unpaired) electrons. The summed E-state index contributed by atoms with van der Waals surface area (Å²) in [6, 6.07) is 1.42. The number of benzene rings is 1. The maximum absolute atomic E-state index is 13.9. The van der Waals surface area contributed by atoms with E-state index in [1.165, 1.54) is 25.4 Å². The zero-order valence-electron chi connectivity index (χ0n) is 34.0. The van der Waals surface area contributed by atoms with Crippen LogP contribution in [0.15, 0.2) is 47.7 Å². The number of unbranched alkanes of at least 4 members (excludes halogenated alkanes) is 1. The summed E-state index contributed by atoms with van der Waals surface area (Å²) in [7, 11) is 0. The molecule has 0 aliphatic carbocycles. The largest absolute Gasteiger partial charge is 0.502 e. The molecular weight excluding hydrogens is 816 g/mol. The van der Waals surface area contributed by atoms with Gasteiger partial charge in [-0.15, -0.1) is 0 Å². The Morgan fingerprint density at radius 2 is 1.34 bits per heavy atom. The second kappa shape index (κ2) is 26.6. The van der Waals surface area contributed by atoms with E-state index in [2.05, 4.69) is 47.2 Å². The molecule has 16 N–H and O–H groups in total. The minimum Gasteiger partial charge on any atom is -0.502 e. The summed E-state index contributed by atoms with van der Waals surface area (Å²) < 4.78 is 0. The van der Waals surface area contributed by atoms with Crippen molar-refractivity contribution in [2.75, 3.05) is 32.7 Å². The number of nitrogens with one attached hydrogen (secondary N) is 7. The molecule has 1 heterocycles. The summed E-state index contributed by atoms with van der Waals surface area (Å²) >= 11 is 0. The van der Waals surface area contributed by atoms with Crippen LogP contribution < -0.4 is 60.2 Å². The minimum atomic E-state index is -1.56. The van der Waals surface area contributed by atoms with E-state index < -0.39 is 114 Å². The molecular formula is C37H54N14O11. The van der Waals surface area contributed by atoms with Crippen molar-refractivity contribution >= 4 is 58.9 Å². The Hall–Kier alpha value is -7.44. The number of aromatic nitrogens is 1. The quantitative estimate of drug-likeness (QED) is 0.0132. The Kier molecular flexibility index (Phi) is 21.8. The number of nitrogens with two attached hydrogens (primary N) is 4. The molecule has 62 heavy (non-hydrogen) atoms. The number of phenolic OH excluding ortho intramolecular Hbond substituents is 1. The lowest BCUT2D eigenvalue weighted by molar-refractivity contribution is -0.385. The number of phenols is 1. The number of nitro benzene ring substituents is 1. The van der Waals surface area contributed by atoms with Crippen LogP contribution in [0.5, 0.6) is 5.75 Å². The molecule has 0 bridgehead atoms. The fraction of sp³-hybridized carbons (Fsp3) is 0.459. The van der Waals surface area contributed by atoms with Gasteiger partial charge in [0.25, 0.3) is 0 Å². The number of primary amides is 1. The van der Waals surface area contributed by atoms with Crippen molar-refractivity contribution in [2.45, 2.75) is 76.0 Å². The van der Waals surface area contributed by atoms with Crippen molar-refractivity contribution in [1.82, 2.24) is 42.2 Å². The van der Waals surface area contributed by atoms with Gasteiger partial charge in [-0.2, -0.15) is 0 Å². The van der Waals surface area contributed by atoms with Crippen molar-refractivity contribution in [3.05, 3.63) is 64.0 Å². The van der Waals surface area contributed by atoms with Gasteiger partial charge in [0.1, 0.15) is 24.2 Å². The number of aromatic hydroxyl groups is 1. The van der Waals surface area contributed by atoms with E-state index in [0.29, 0.717) is 31.4 Å². The summed E-state index contributed by atoms with van der Waals surface area (Å²) in [5, 5.41) is 38.4. The lowest BCUT2D eigenvalue weighted by atomic mass is 10.0. The van der Waals surface area contributed by atoms with E-state index >= 15 is 0 Å². The van der Waals surface area contributed by atoms with E-state index in [1.807, 2.05) is 0 Å². The Labute approximate surface area is 355 Å². The number of hydrogen-bond donors (Lipinski definition) is 12. The van der Waals surface area contributed by atoms with Gasteiger partial charge in [0.2, 0.25) is 47.3 Å². The molecule has 0 saturated carbocycles. The summed E-state index contributed by atoms with van der Waals surface area (Å²) in [6.45, 7) is -0.204. The predicted molar refractivity (Wildman–Crippen MR) is 221 cm³/mol. The molecule has 1 aromatic carbocycles. The van der Waals surface area contributed by atoms with Gasteiger partial charge in [0.05, 0.1) is 24.6 Å². The SMILES string of the molecule is CC(=O)N[C@@H](CCCN=C(N)N)C(=O)NCC(=O)N[C@@H](Cc1cccnc1)C(=O)N[C@@H](Cc1ccc(O)c([N+](=O)[O-])c1)C(=O)NCC(=O)NCC(=O)N[C@@H](CCCCN)C(N)=O. The average Bonchev–Trinajstić information content (AvgIpc) is 3.21. The molecule has 25 heteroatoms. The van der Waals surface area contributed by atoms with E-state index in [0.717, 1.165) is 12.1 Å². The van der Waals surface area contributed by atoms with Crippen LogP contribution in [0.4, 0.5) is 5.69 Å². The molecule has 25 nitrogen and oxygen atoms in total. The average molecular weight is 871 g/mol. The van der Waals surface area contributed by atoms with Crippen molar-refractivity contribution in [1.29, 1.82) is 0 Å². The van der Waals surface area contributed by atoms with Crippen LogP contribution >= 0.6 is 0 Å². The van der Waals surface area contributed by atoms with Gasteiger partial charge >= 0.3 is 5.69 Å². The lowest BCUT2D eigenvalue weighted by Crippen LogP contribution is -2.57. The highest BCUT2D eigenvalue weighted by Crippen LogP contribution is 2.26. The molecule has 1 aromatic heterocycles. The minimum absolute atomic E-state index is 0.106. The van der Waals surface area contributed by atoms with Crippen molar-refractivity contribution in [3.8, 4) is 5.75 Å². The van der Waals surface area contributed by atoms with Gasteiger partial charge in [0, 0.05) is 44.8 Å². The molecule has 4 atom stereocenters. The molecule has 338 valence electrons. The highest BCUT2D eigenvalue weighted by molar-refractivity contribution is 5.95. The number of aliphatic imine (C=N–C) groups is 1. The topological polar surface area (TPSA) is 413 Å². The maximum Gasteiger partial charge on any atom is 0.310 e. The van der Waals surface area contributed by atoms with Crippen molar-refractivity contribution in [3.63, 3.8) is 0 Å². The van der Waals surface area contributed by atoms with E-state index in [1.54, 1.807) is 12.1 Å². The predicted octanol–water partition coefficient (Wildman–Crippen LogP) is -4.54. The number of guanidine groups is 1. The Balaban J connectivity index is 2.25. The smallest absolute Gasteiger partial charge is 0.310 e. The fourth-order valence-electron chi connectivity index (χ4n) is 5.63. The first kappa shape index (κ1) is 50.7. The lowest BCUT2D eigenvalue weighted by Gasteiger charge is -2.24. The normalized spacial score (nSPS) is 12.5. The summed E-state index contributed by atoms with van der Waals surface area (Å²) in [5.74, 6) is -7.18. The molecule has 0 spiro atoms. The zero-order valence-corrected chi connectivity index (χ0v) is 34.0. The van der Waals surface area contributed by atoms with Crippen LogP contribution in [0, 0.1) is 10.1 Å². The molecule has 2 aromatic rings. The Morgan fingerprint density at radius 3 is 1.94 bits per heavy atom. The van der Waals surface area contributed by atoms with Gasteiger partial charge in [-0.25, -0.2) is 0 Å². The maximum atomic E-state index is 13.9. The van der Waals surface area contributed by atoms with Crippen LogP contribution in [0.25, 0.3) is 0 Å². The monoisotopic (exact) mass is 870 g/mol. The second-order valence-corrected chi connectivity index (χ2v) is 13.8. The molecule has 0 fully saturated rings. The Morgan fingerprint density at radius 1 is 0.742 bits per heavy atom. The van der Waals surface area contributed by atoms with Crippen LogP contribution in [0.2, 0.25) is 0 Å². The molecule has 0 aliphatic rings. The molecule has 2 rings (SSSR count). The van der Waals surface area contributed by atoms with E-state index in [9.17, 15) is 53.6 Å². The Bertz CT molecular complexity index is 1930. The molecule has 0 aliphatic heterocycles. The highest BCUT2D eigenvalue weighted by atomic mass is 16.6. The molecule has 0 unspecified atom stereocenters. The summed E-state index contributed by atoms with van der Waals surface area (Å²) in [5.41, 5.74) is 21.3. The highest BCUT2D eigenvalue weighted by Gasteiger charge is 2.29. The number of pyridine rings is 1. The second-order valence-electron chi connectivity index (χ2n) is 13.8. The first-order valence-electron chi connectivity index (χ1n) is 19.3. The molecule has 0 saturated heterocycles. The van der Waals surface area contributed by atoms with Crippen molar-refractivity contribution in [2.24, 2.45) is 27.9 Å². The third kappa shape index (κ3) is 19.5. The van der Waals surface area contributed by atoms with Crippen LogP contribution in [-0.2, 0) is 51.2 Å². The molecule has 8 amide bonds. The van der Waals surface area contributed by atoms with Crippen LogP contribution in [0.1, 0.15) is 50.2 Å². The number of carbonyl (C=O) groups excluding carboxylic acids is 8. The van der Waals surface area contributed by atoms with Gasteiger partial charge in [-0.05, 0) is 61.9 Å². The fourth-order valence-corrected chi connectivity index (χ4v) is 5.63. The number of hydrogen-bond acceptors (Lipinski definition) is 14. The zero-order chi connectivity index (χ0) is 46.2. The van der Waals surface area contributed by atoms with Crippen LogP contribution in [0.3, 0.4) is 0 Å². The standard InChI is InChI=1S/C37H54N14O11/c1-21(52)47-25(8-5-13-43-37(40)41)34(58)46-20-32(56)49-27(15-23-6-4-12-42-17-23)36(60)50-26(14-22-9-10-29(53)28(16-22)51(61)62)35(59)45-18-30(54)44-19-31(55)48-24(33(39)57)7-2-3-11-38/h4,6,9-10,12,16-17,24-27,53H,2-3,5,7-8,11,13-15,18-20,38H2,1H3,(H2,39,57)(H,44,54)(H,45,59)(H,46,58)(H,47,52)(H,48,55)(H,49,56)(H,50,60)(H4,40,41,43)/t24-,25-,26-,27-/m0/s1. The first-order chi connectivity index (χ1) is 29.4. The number of nitro groups is 1. The number of carbonyl (C=O) groups is 8. The summed E-state index contributed by atoms with van der Waals surface area (Å²) in [4.78, 5) is 121. The number of rotatable bonds is 27. The van der Waals surface area contributed by atoms with Crippen molar-refractivity contribution < 1.29 is 48.4 Å². The third-order valence-electron chi connectivity index (χ3n) is 8.68. The van der Waals surface area contributed by atoms with Gasteiger partial charge in [-0.1, -0.05) is 12.1 Å². The number of nitrogens with zero attached hydrogens (tertiary/aromatic N) is 3. The first-order valence-corrected chi connectivity index (χ1v) is 19.3. The van der Waals surface area contributed by atoms with Gasteiger partial charge in [-0.3, -0.25) is 58.4 Å². The van der Waals surface area contributed by atoms with Gasteiger partial charge < -0.3 is 65.3 Å².